The van der Waals surface area contributed by atoms with Gasteiger partial charge >= 0.3 is 5.97 Å². The topological polar surface area (TPSA) is 125 Å². The third kappa shape index (κ3) is 9.15. The summed E-state index contributed by atoms with van der Waals surface area (Å²) in [7, 11) is 1.61. The molecule has 0 amide bonds. The summed E-state index contributed by atoms with van der Waals surface area (Å²) < 4.78 is 43.3. The number of fused-ring (bicyclic) bond motifs is 1. The van der Waals surface area contributed by atoms with E-state index in [1.807, 2.05) is 54.6 Å². The molecule has 3 aromatic rings. The zero-order valence-electron chi connectivity index (χ0n) is 27.2. The highest BCUT2D eigenvalue weighted by atomic mass is 16.8. The molecule has 6 atom stereocenters. The van der Waals surface area contributed by atoms with Crippen LogP contribution >= 0.6 is 0 Å². The number of ether oxygens (including phenoxy) is 7. The van der Waals surface area contributed by atoms with E-state index in [1.54, 1.807) is 40.0 Å². The van der Waals surface area contributed by atoms with E-state index in [-0.39, 0.29) is 18.9 Å². The minimum absolute atomic E-state index is 0.0650. The van der Waals surface area contributed by atoms with Gasteiger partial charge in [0.15, 0.2) is 18.7 Å². The Bertz CT molecular complexity index is 1440. The average Bonchev–Trinajstić information content (AvgIpc) is 3.08. The summed E-state index contributed by atoms with van der Waals surface area (Å²) in [6, 6.07) is 23.7. The standard InChI is InChI=1S/C36H43NO10/c1-36(2,3)35(38)47-32-31(43-22-25-15-19-28(41-4)20-16-25)30-29(23-44-33(46-30)26-11-6-5-7-12-26)45-34(32)42-21-9-8-10-24-13-17-27(18-14-24)37(39)40/h5-7,11-20,29-34H,8-10,21-23H2,1-4H3/t29-,30+,31+,32-,33+,34-/m1/s1. The van der Waals surface area contributed by atoms with E-state index in [0.717, 1.165) is 35.3 Å². The zero-order valence-corrected chi connectivity index (χ0v) is 27.2. The van der Waals surface area contributed by atoms with Crippen LogP contribution in [-0.4, -0.2) is 61.9 Å². The van der Waals surface area contributed by atoms with Gasteiger partial charge in [0.2, 0.25) is 0 Å². The van der Waals surface area contributed by atoms with Crippen molar-refractivity contribution in [3.8, 4) is 5.75 Å². The van der Waals surface area contributed by atoms with Crippen molar-refractivity contribution < 1.29 is 42.9 Å². The first kappa shape index (κ1) is 34.5. The minimum atomic E-state index is -0.928. The highest BCUT2D eigenvalue weighted by Gasteiger charge is 2.53. The molecule has 0 saturated carbocycles. The lowest BCUT2D eigenvalue weighted by atomic mass is 9.95. The van der Waals surface area contributed by atoms with Crippen LogP contribution in [0.3, 0.4) is 0 Å². The van der Waals surface area contributed by atoms with Gasteiger partial charge in [0.1, 0.15) is 24.1 Å². The fraction of sp³-hybridized carbons (Fsp3) is 0.472. The van der Waals surface area contributed by atoms with Crippen LogP contribution in [-0.2, 0) is 46.2 Å². The van der Waals surface area contributed by atoms with Gasteiger partial charge in [-0.05, 0) is 63.3 Å². The summed E-state index contributed by atoms with van der Waals surface area (Å²) in [5, 5.41) is 11.0. The molecular weight excluding hydrogens is 606 g/mol. The van der Waals surface area contributed by atoms with Crippen LogP contribution in [0.15, 0.2) is 78.9 Å². The van der Waals surface area contributed by atoms with Crippen molar-refractivity contribution in [3.05, 3.63) is 106 Å². The Hall–Kier alpha value is -3.87. The molecule has 0 radical (unpaired) electrons. The second kappa shape index (κ2) is 15.8. The molecule has 0 unspecified atom stereocenters. The summed E-state index contributed by atoms with van der Waals surface area (Å²) >= 11 is 0. The van der Waals surface area contributed by atoms with Crippen molar-refractivity contribution in [2.75, 3.05) is 20.3 Å². The van der Waals surface area contributed by atoms with Gasteiger partial charge in [-0.3, -0.25) is 14.9 Å². The van der Waals surface area contributed by atoms with E-state index in [1.165, 1.54) is 12.1 Å². The van der Waals surface area contributed by atoms with E-state index in [4.69, 9.17) is 33.2 Å². The summed E-state index contributed by atoms with van der Waals surface area (Å²) in [6.45, 7) is 6.16. The van der Waals surface area contributed by atoms with E-state index in [0.29, 0.717) is 13.0 Å². The maximum Gasteiger partial charge on any atom is 0.311 e. The van der Waals surface area contributed by atoms with Crippen molar-refractivity contribution in [2.45, 2.75) is 83.6 Å². The second-order valence-corrected chi connectivity index (χ2v) is 12.7. The number of unbranched alkanes of at least 4 members (excludes halogenated alkanes) is 1. The fourth-order valence-corrected chi connectivity index (χ4v) is 5.40. The number of nitrogens with zero attached hydrogens (tertiary/aromatic N) is 1. The number of benzene rings is 3. The number of carbonyl (C=O) groups excluding carboxylic acids is 1. The van der Waals surface area contributed by atoms with Crippen LogP contribution in [0.5, 0.6) is 5.75 Å². The Morgan fingerprint density at radius 3 is 2.26 bits per heavy atom. The molecule has 11 nitrogen and oxygen atoms in total. The molecular formula is C36H43NO10. The monoisotopic (exact) mass is 649 g/mol. The van der Waals surface area contributed by atoms with E-state index in [9.17, 15) is 14.9 Å². The molecule has 0 spiro atoms. The highest BCUT2D eigenvalue weighted by Crippen LogP contribution is 2.38. The molecule has 47 heavy (non-hydrogen) atoms. The second-order valence-electron chi connectivity index (χ2n) is 12.7. The maximum absolute atomic E-state index is 13.3. The van der Waals surface area contributed by atoms with Crippen LogP contribution in [0.2, 0.25) is 0 Å². The Morgan fingerprint density at radius 1 is 0.894 bits per heavy atom. The van der Waals surface area contributed by atoms with Gasteiger partial charge in [-0.1, -0.05) is 54.6 Å². The lowest BCUT2D eigenvalue weighted by Crippen LogP contribution is -2.64. The Labute approximate surface area is 275 Å². The quantitative estimate of drug-likeness (QED) is 0.0898. The van der Waals surface area contributed by atoms with E-state index < -0.39 is 53.3 Å². The molecule has 0 bridgehead atoms. The summed E-state index contributed by atoms with van der Waals surface area (Å²) in [6.07, 6.45) is -2.19. The molecule has 0 aliphatic carbocycles. The van der Waals surface area contributed by atoms with Crippen molar-refractivity contribution in [1.29, 1.82) is 0 Å². The third-order valence-corrected chi connectivity index (χ3v) is 8.10. The third-order valence-electron chi connectivity index (χ3n) is 8.10. The van der Waals surface area contributed by atoms with Crippen LogP contribution < -0.4 is 4.74 Å². The normalized spacial score (nSPS) is 24.3. The number of nitro groups is 1. The van der Waals surface area contributed by atoms with Crippen LogP contribution in [0.1, 0.15) is 56.6 Å². The first-order valence-corrected chi connectivity index (χ1v) is 15.9. The fourth-order valence-electron chi connectivity index (χ4n) is 5.40. The molecule has 2 fully saturated rings. The number of methoxy groups -OCH3 is 1. The first-order chi connectivity index (χ1) is 22.6. The number of non-ortho nitro benzene ring substituents is 1. The number of rotatable bonds is 13. The van der Waals surface area contributed by atoms with E-state index >= 15 is 0 Å². The number of hydrogen-bond donors (Lipinski definition) is 0. The van der Waals surface area contributed by atoms with Crippen molar-refractivity contribution in [2.24, 2.45) is 5.41 Å². The molecule has 252 valence electrons. The van der Waals surface area contributed by atoms with Gasteiger partial charge in [0, 0.05) is 24.3 Å². The van der Waals surface area contributed by atoms with Gasteiger partial charge in [0.05, 0.1) is 30.7 Å². The Morgan fingerprint density at radius 2 is 1.60 bits per heavy atom. The predicted octanol–water partition coefficient (Wildman–Crippen LogP) is 6.33. The van der Waals surface area contributed by atoms with E-state index in [2.05, 4.69) is 0 Å². The Kier molecular flexibility index (Phi) is 11.6. The Balaban J connectivity index is 1.32. The summed E-state index contributed by atoms with van der Waals surface area (Å²) in [5.41, 5.74) is 2.05. The minimum Gasteiger partial charge on any atom is -0.497 e. The number of hydrogen-bond acceptors (Lipinski definition) is 10. The SMILES string of the molecule is COc1ccc(CO[C@H]2[C@H]3O[C@@H](c4ccccc4)OC[C@H]3O[C@@H](OCCCCc3ccc([N+](=O)[O-])cc3)[C@@H]2OC(=O)C(C)(C)C)cc1. The predicted molar refractivity (Wildman–Crippen MR) is 172 cm³/mol. The van der Waals surface area contributed by atoms with Crippen molar-refractivity contribution in [1.82, 2.24) is 0 Å². The molecule has 0 N–H and O–H groups in total. The number of carbonyl (C=O) groups is 1. The molecule has 2 saturated heterocycles. The van der Waals surface area contributed by atoms with Gasteiger partial charge in [-0.2, -0.15) is 0 Å². The molecule has 0 aromatic heterocycles. The smallest absolute Gasteiger partial charge is 0.311 e. The van der Waals surface area contributed by atoms with Crippen LogP contribution in [0, 0.1) is 15.5 Å². The van der Waals surface area contributed by atoms with Crippen molar-refractivity contribution in [3.63, 3.8) is 0 Å². The van der Waals surface area contributed by atoms with Crippen LogP contribution in [0.25, 0.3) is 0 Å². The number of nitro benzene ring substituents is 1. The van der Waals surface area contributed by atoms with Gasteiger partial charge in [0.25, 0.3) is 5.69 Å². The molecule has 2 aliphatic rings. The number of esters is 1. The summed E-state index contributed by atoms with van der Waals surface area (Å²) in [4.78, 5) is 23.8. The van der Waals surface area contributed by atoms with Crippen molar-refractivity contribution >= 4 is 11.7 Å². The lowest BCUT2D eigenvalue weighted by molar-refractivity contribution is -0.384. The largest absolute Gasteiger partial charge is 0.497 e. The summed E-state index contributed by atoms with van der Waals surface area (Å²) in [5.74, 6) is 0.318. The molecule has 5 rings (SSSR count). The van der Waals surface area contributed by atoms with Gasteiger partial charge in [-0.25, -0.2) is 0 Å². The maximum atomic E-state index is 13.3. The molecule has 2 aliphatic heterocycles. The zero-order chi connectivity index (χ0) is 33.4. The first-order valence-electron chi connectivity index (χ1n) is 15.9. The van der Waals surface area contributed by atoms with Gasteiger partial charge in [-0.15, -0.1) is 0 Å². The molecule has 3 aromatic carbocycles. The molecule has 11 heteroatoms. The lowest BCUT2D eigenvalue weighted by Gasteiger charge is -2.48. The van der Waals surface area contributed by atoms with Gasteiger partial charge < -0.3 is 33.2 Å². The van der Waals surface area contributed by atoms with Crippen LogP contribution in [0.4, 0.5) is 5.69 Å². The average molecular weight is 650 g/mol. The number of aryl methyl sites for hydroxylation is 1. The molecule has 2 heterocycles. The highest BCUT2D eigenvalue weighted by molar-refractivity contribution is 5.75.